The lowest BCUT2D eigenvalue weighted by Gasteiger charge is -2.46. The number of urea groups is 1. The second-order valence-electron chi connectivity index (χ2n) is 7.71. The van der Waals surface area contributed by atoms with Gasteiger partial charge in [-0.3, -0.25) is 4.79 Å². The zero-order valence-electron chi connectivity index (χ0n) is 15.5. The molecule has 3 fully saturated rings. The van der Waals surface area contributed by atoms with E-state index in [1.807, 2.05) is 0 Å². The summed E-state index contributed by atoms with van der Waals surface area (Å²) in [6, 6.07) is 4.10. The van der Waals surface area contributed by atoms with E-state index in [1.165, 1.54) is 18.2 Å². The topological polar surface area (TPSA) is 59.1 Å². The molecule has 3 heterocycles. The number of amides is 2. The number of carbonyl (C=O) groups is 2. The summed E-state index contributed by atoms with van der Waals surface area (Å²) in [5.74, 6) is -0.318. The zero-order chi connectivity index (χ0) is 20.8. The van der Waals surface area contributed by atoms with E-state index in [2.05, 4.69) is 4.74 Å². The Kier molecular flexibility index (Phi) is 5.37. The number of fused-ring (bicyclic) bond motifs is 1. The molecule has 0 spiro atoms. The van der Waals surface area contributed by atoms with Crippen molar-refractivity contribution in [2.24, 2.45) is 5.92 Å². The van der Waals surface area contributed by atoms with Crippen LogP contribution in [0, 0.1) is 5.92 Å². The molecule has 2 amide bonds. The van der Waals surface area contributed by atoms with Crippen molar-refractivity contribution in [2.75, 3.05) is 32.8 Å². The van der Waals surface area contributed by atoms with Gasteiger partial charge < -0.3 is 19.3 Å². The van der Waals surface area contributed by atoms with E-state index in [9.17, 15) is 22.8 Å². The molecular formula is C19H20ClF3N2O4. The third-order valence-electron chi connectivity index (χ3n) is 5.69. The molecule has 0 aromatic heterocycles. The highest BCUT2D eigenvalue weighted by molar-refractivity contribution is 6.32. The number of benzene rings is 1. The monoisotopic (exact) mass is 432 g/mol. The molecule has 0 unspecified atom stereocenters. The van der Waals surface area contributed by atoms with Crippen LogP contribution in [0.25, 0.3) is 0 Å². The normalized spacial score (nSPS) is 25.4. The van der Waals surface area contributed by atoms with Gasteiger partial charge in [-0.15, -0.1) is 13.2 Å². The van der Waals surface area contributed by atoms with Crippen LogP contribution in [0.5, 0.6) is 5.75 Å². The fraction of sp³-hybridized carbons (Fsp3) is 0.579. The van der Waals surface area contributed by atoms with Crippen molar-refractivity contribution in [1.82, 2.24) is 9.80 Å². The molecule has 0 radical (unpaired) electrons. The van der Waals surface area contributed by atoms with Crippen LogP contribution in [-0.2, 0) is 9.53 Å². The number of piperidine rings is 1. The first kappa shape index (κ1) is 20.3. The third-order valence-corrected chi connectivity index (χ3v) is 5.98. The van der Waals surface area contributed by atoms with E-state index in [0.717, 1.165) is 12.0 Å². The molecule has 29 heavy (non-hydrogen) atoms. The van der Waals surface area contributed by atoms with E-state index in [1.54, 1.807) is 9.80 Å². The minimum absolute atomic E-state index is 0.00789. The van der Waals surface area contributed by atoms with Gasteiger partial charge in [0.05, 0.1) is 11.1 Å². The summed E-state index contributed by atoms with van der Waals surface area (Å²) in [5.41, 5.74) is 0.763. The Morgan fingerprint density at radius 1 is 1.21 bits per heavy atom. The Bertz CT molecular complexity index is 813. The van der Waals surface area contributed by atoms with Crippen molar-refractivity contribution in [3.8, 4) is 5.75 Å². The number of nitrogens with zero attached hydrogens (tertiary/aromatic N) is 2. The van der Waals surface area contributed by atoms with Gasteiger partial charge in [-0.1, -0.05) is 17.7 Å². The zero-order valence-corrected chi connectivity index (χ0v) is 16.2. The fourth-order valence-corrected chi connectivity index (χ4v) is 4.40. The minimum atomic E-state index is -4.80. The highest BCUT2D eigenvalue weighted by atomic mass is 35.5. The second-order valence-corrected chi connectivity index (χ2v) is 8.12. The molecule has 3 saturated heterocycles. The summed E-state index contributed by atoms with van der Waals surface area (Å²) >= 11 is 5.90. The maximum atomic E-state index is 12.7. The van der Waals surface area contributed by atoms with Gasteiger partial charge in [-0.25, -0.2) is 4.79 Å². The van der Waals surface area contributed by atoms with Crippen LogP contribution in [0.4, 0.5) is 18.0 Å². The van der Waals surface area contributed by atoms with Crippen LogP contribution in [0.15, 0.2) is 18.2 Å². The SMILES string of the molecule is O=C1CO[C@H]2CCN(C(=O)N3CC(c4ccc(OC(F)(F)F)c(Cl)c4)C3)C[C@@H]2C1. The number of ether oxygens (including phenoxy) is 2. The number of hydrogen-bond donors (Lipinski definition) is 0. The quantitative estimate of drug-likeness (QED) is 0.718. The molecule has 10 heteroatoms. The Balaban J connectivity index is 1.32. The molecule has 0 saturated carbocycles. The van der Waals surface area contributed by atoms with Crippen molar-refractivity contribution in [2.45, 2.75) is 31.2 Å². The molecule has 3 aliphatic heterocycles. The molecule has 158 valence electrons. The molecule has 4 rings (SSSR count). The predicted octanol–water partition coefficient (Wildman–Crippen LogP) is 3.44. The van der Waals surface area contributed by atoms with E-state index in [-0.39, 0.29) is 41.4 Å². The Morgan fingerprint density at radius 2 is 1.97 bits per heavy atom. The van der Waals surface area contributed by atoms with Gasteiger partial charge in [0.2, 0.25) is 0 Å². The van der Waals surface area contributed by atoms with Crippen molar-refractivity contribution >= 4 is 23.4 Å². The highest BCUT2D eigenvalue weighted by Gasteiger charge is 2.40. The largest absolute Gasteiger partial charge is 0.573 e. The summed E-state index contributed by atoms with van der Waals surface area (Å²) in [7, 11) is 0. The molecular weight excluding hydrogens is 413 g/mol. The van der Waals surface area contributed by atoms with E-state index < -0.39 is 12.1 Å². The number of hydrogen-bond acceptors (Lipinski definition) is 4. The molecule has 1 aromatic rings. The van der Waals surface area contributed by atoms with E-state index >= 15 is 0 Å². The van der Waals surface area contributed by atoms with Crippen molar-refractivity contribution < 1.29 is 32.2 Å². The van der Waals surface area contributed by atoms with Gasteiger partial charge in [-0.2, -0.15) is 0 Å². The first-order chi connectivity index (χ1) is 13.7. The fourth-order valence-electron chi connectivity index (χ4n) is 4.18. The Hall–Kier alpha value is -2.00. The van der Waals surface area contributed by atoms with Crippen LogP contribution in [0.1, 0.15) is 24.3 Å². The van der Waals surface area contributed by atoms with E-state index in [4.69, 9.17) is 16.3 Å². The van der Waals surface area contributed by atoms with Crippen molar-refractivity contribution in [1.29, 1.82) is 0 Å². The number of halogens is 4. The molecule has 1 aromatic carbocycles. The second kappa shape index (κ2) is 7.68. The first-order valence-electron chi connectivity index (χ1n) is 9.42. The van der Waals surface area contributed by atoms with Gasteiger partial charge in [0, 0.05) is 44.4 Å². The summed E-state index contributed by atoms with van der Waals surface area (Å²) in [5, 5.41) is -0.117. The van der Waals surface area contributed by atoms with Gasteiger partial charge in [-0.05, 0) is 24.1 Å². The first-order valence-corrected chi connectivity index (χ1v) is 9.80. The predicted molar refractivity (Wildman–Crippen MR) is 96.9 cm³/mol. The number of Topliss-reactive ketones (excluding diaryl/α,β-unsaturated/α-hetero) is 1. The molecule has 2 atom stereocenters. The summed E-state index contributed by atoms with van der Waals surface area (Å²) in [6.07, 6.45) is -3.59. The van der Waals surface area contributed by atoms with Gasteiger partial charge in [0.15, 0.2) is 5.78 Å². The maximum absolute atomic E-state index is 12.7. The number of likely N-dealkylation sites (tertiary alicyclic amines) is 2. The lowest BCUT2D eigenvalue weighted by Crippen LogP contribution is -2.58. The van der Waals surface area contributed by atoms with Crippen LogP contribution in [0.2, 0.25) is 5.02 Å². The van der Waals surface area contributed by atoms with Crippen LogP contribution in [-0.4, -0.2) is 66.9 Å². The van der Waals surface area contributed by atoms with Crippen molar-refractivity contribution in [3.63, 3.8) is 0 Å². The number of alkyl halides is 3. The summed E-state index contributed by atoms with van der Waals surface area (Å²) in [6.45, 7) is 2.19. The molecule has 3 aliphatic rings. The average molecular weight is 433 g/mol. The maximum Gasteiger partial charge on any atom is 0.573 e. The smallest absolute Gasteiger partial charge is 0.404 e. The van der Waals surface area contributed by atoms with E-state index in [0.29, 0.717) is 32.6 Å². The molecule has 6 nitrogen and oxygen atoms in total. The Labute approximate surface area is 170 Å². The molecule has 0 aliphatic carbocycles. The highest BCUT2D eigenvalue weighted by Crippen LogP contribution is 2.36. The van der Waals surface area contributed by atoms with Gasteiger partial charge >= 0.3 is 12.4 Å². The molecule has 0 N–H and O–H groups in total. The summed E-state index contributed by atoms with van der Waals surface area (Å²) < 4.78 is 46.5. The summed E-state index contributed by atoms with van der Waals surface area (Å²) in [4.78, 5) is 27.8. The van der Waals surface area contributed by atoms with Gasteiger partial charge in [0.1, 0.15) is 12.4 Å². The number of ketones is 1. The van der Waals surface area contributed by atoms with Gasteiger partial charge in [0.25, 0.3) is 0 Å². The minimum Gasteiger partial charge on any atom is -0.404 e. The standard InChI is InChI=1S/C19H20ClF3N2O4/c20-15-6-11(1-2-17(15)29-19(21,22)23)13-8-25(9-13)18(27)24-4-3-16-12(7-24)5-14(26)10-28-16/h1-2,6,12-13,16H,3-5,7-10H2/t12-,16-/m0/s1. The van der Waals surface area contributed by atoms with Crippen LogP contribution < -0.4 is 4.74 Å². The average Bonchev–Trinajstić information content (AvgIpc) is 2.61. The van der Waals surface area contributed by atoms with Crippen LogP contribution in [0.3, 0.4) is 0 Å². The van der Waals surface area contributed by atoms with Crippen LogP contribution >= 0.6 is 11.6 Å². The lowest BCUT2D eigenvalue weighted by atomic mass is 9.87. The number of rotatable bonds is 2. The third kappa shape index (κ3) is 4.45. The molecule has 0 bridgehead atoms. The van der Waals surface area contributed by atoms with Crippen molar-refractivity contribution in [3.05, 3.63) is 28.8 Å². The Morgan fingerprint density at radius 3 is 2.66 bits per heavy atom. The lowest BCUT2D eigenvalue weighted by molar-refractivity contribution is -0.274. The number of carbonyl (C=O) groups excluding carboxylic acids is 2.